The number of nitrogens with zero attached hydrogens (tertiary/aromatic N) is 2. The third-order valence-corrected chi connectivity index (χ3v) is 9.04. The Bertz CT molecular complexity index is 1640. The summed E-state index contributed by atoms with van der Waals surface area (Å²) < 4.78 is 27.5. The second-order valence-corrected chi connectivity index (χ2v) is 13.7. The summed E-state index contributed by atoms with van der Waals surface area (Å²) in [5, 5.41) is 0. The molecule has 0 aliphatic carbocycles. The molecule has 1 atom stereocenters. The number of amides is 2. The maximum Gasteiger partial charge on any atom is 0.411 e. The first-order valence-electron chi connectivity index (χ1n) is 14.7. The van der Waals surface area contributed by atoms with Crippen molar-refractivity contribution in [3.8, 4) is 5.75 Å². The van der Waals surface area contributed by atoms with E-state index in [1.165, 1.54) is 17.0 Å². The third-order valence-electron chi connectivity index (χ3n) is 7.62. The molecule has 1 saturated heterocycles. The maximum absolute atomic E-state index is 15.0. The summed E-state index contributed by atoms with van der Waals surface area (Å²) in [5.41, 5.74) is 0.805. The van der Waals surface area contributed by atoms with Crippen molar-refractivity contribution in [2.45, 2.75) is 51.5 Å². The summed E-state index contributed by atoms with van der Waals surface area (Å²) in [6, 6.07) is 29.6. The number of halogens is 3. The quantitative estimate of drug-likeness (QED) is 0.182. The van der Waals surface area contributed by atoms with Crippen LogP contribution in [0.1, 0.15) is 43.0 Å². The van der Waals surface area contributed by atoms with E-state index < -0.39 is 23.1 Å². The predicted molar refractivity (Wildman–Crippen MR) is 179 cm³/mol. The maximum atomic E-state index is 15.0. The van der Waals surface area contributed by atoms with Crippen molar-refractivity contribution in [2.24, 2.45) is 0 Å². The van der Waals surface area contributed by atoms with Gasteiger partial charge in [-0.2, -0.15) is 0 Å². The van der Waals surface area contributed by atoms with Crippen LogP contribution in [0.3, 0.4) is 0 Å². The van der Waals surface area contributed by atoms with Gasteiger partial charge in [0, 0.05) is 35.0 Å². The standard InChI is InChI=1S/C36H35Br2FN2O4/c1-35(2,3)45-34(43)41-18-17-40(23-25-11-6-4-7-12-25)33(42)36(41,22-30-31(37)20-28(39)21-32(30)38)27-15-10-16-29(19-27)44-24-26-13-8-5-9-14-26/h4-16,19-21H,17-18,22-24H2,1-3H3. The van der Waals surface area contributed by atoms with Crippen LogP contribution in [0.5, 0.6) is 5.75 Å². The van der Waals surface area contributed by atoms with Gasteiger partial charge in [0.25, 0.3) is 5.91 Å². The minimum absolute atomic E-state index is 0.0416. The van der Waals surface area contributed by atoms with E-state index in [2.05, 4.69) is 31.9 Å². The van der Waals surface area contributed by atoms with Crippen LogP contribution >= 0.6 is 31.9 Å². The molecular formula is C36H35Br2FN2O4. The first-order valence-corrected chi connectivity index (χ1v) is 16.3. The number of rotatable bonds is 8. The Kier molecular flexibility index (Phi) is 9.99. The topological polar surface area (TPSA) is 59.1 Å². The number of hydrogen-bond acceptors (Lipinski definition) is 4. The van der Waals surface area contributed by atoms with Gasteiger partial charge in [0.2, 0.25) is 0 Å². The monoisotopic (exact) mass is 736 g/mol. The van der Waals surface area contributed by atoms with Crippen LogP contribution in [0.2, 0.25) is 0 Å². The van der Waals surface area contributed by atoms with Crippen molar-refractivity contribution in [1.29, 1.82) is 0 Å². The van der Waals surface area contributed by atoms with Gasteiger partial charge in [-0.15, -0.1) is 0 Å². The number of benzene rings is 4. The molecule has 5 rings (SSSR count). The predicted octanol–water partition coefficient (Wildman–Crippen LogP) is 8.65. The Morgan fingerprint density at radius 3 is 2.11 bits per heavy atom. The molecule has 1 aliphatic rings. The van der Waals surface area contributed by atoms with E-state index in [-0.39, 0.29) is 18.9 Å². The summed E-state index contributed by atoms with van der Waals surface area (Å²) in [6.07, 6.45) is -0.569. The molecule has 2 amide bonds. The van der Waals surface area contributed by atoms with Gasteiger partial charge < -0.3 is 14.4 Å². The lowest BCUT2D eigenvalue weighted by atomic mass is 9.79. The highest BCUT2D eigenvalue weighted by Gasteiger charge is 2.54. The SMILES string of the molecule is CC(C)(C)OC(=O)N1CCN(Cc2ccccc2)C(=O)C1(Cc1c(Br)cc(F)cc1Br)c1cccc(OCc2ccccc2)c1. The molecule has 45 heavy (non-hydrogen) atoms. The van der Waals surface area contributed by atoms with Crippen LogP contribution in [-0.4, -0.2) is 40.5 Å². The number of ether oxygens (including phenoxy) is 2. The average molecular weight is 738 g/mol. The molecule has 0 saturated carbocycles. The zero-order valence-corrected chi connectivity index (χ0v) is 28.6. The molecular weight excluding hydrogens is 703 g/mol. The largest absolute Gasteiger partial charge is 0.489 e. The third kappa shape index (κ3) is 7.59. The lowest BCUT2D eigenvalue weighted by Gasteiger charge is -2.50. The first-order chi connectivity index (χ1) is 21.5. The minimum atomic E-state index is -1.55. The number of carbonyl (C=O) groups excluding carboxylic acids is 2. The molecule has 1 aliphatic heterocycles. The van der Waals surface area contributed by atoms with Crippen molar-refractivity contribution in [2.75, 3.05) is 13.1 Å². The van der Waals surface area contributed by atoms with Gasteiger partial charge >= 0.3 is 6.09 Å². The van der Waals surface area contributed by atoms with Crippen LogP contribution in [0.4, 0.5) is 9.18 Å². The Hall–Kier alpha value is -3.69. The average Bonchev–Trinajstić information content (AvgIpc) is 3.00. The molecule has 1 heterocycles. The summed E-state index contributed by atoms with van der Waals surface area (Å²) in [6.45, 7) is 6.61. The molecule has 4 aromatic carbocycles. The van der Waals surface area contributed by atoms with E-state index >= 15 is 4.79 Å². The van der Waals surface area contributed by atoms with E-state index in [1.807, 2.05) is 84.9 Å². The van der Waals surface area contributed by atoms with Crippen molar-refractivity contribution < 1.29 is 23.5 Å². The minimum Gasteiger partial charge on any atom is -0.489 e. The molecule has 1 fully saturated rings. The summed E-state index contributed by atoms with van der Waals surface area (Å²) >= 11 is 7.05. The fraction of sp³-hybridized carbons (Fsp3) is 0.278. The Labute approximate surface area is 280 Å². The highest BCUT2D eigenvalue weighted by Crippen LogP contribution is 2.43. The normalized spacial score (nSPS) is 16.9. The molecule has 1 unspecified atom stereocenters. The molecule has 0 N–H and O–H groups in total. The zero-order valence-electron chi connectivity index (χ0n) is 25.4. The van der Waals surface area contributed by atoms with E-state index in [1.54, 1.807) is 25.7 Å². The Morgan fingerprint density at radius 1 is 0.867 bits per heavy atom. The van der Waals surface area contributed by atoms with Gasteiger partial charge in [0.05, 0.1) is 0 Å². The molecule has 0 bridgehead atoms. The van der Waals surface area contributed by atoms with Crippen LogP contribution in [-0.2, 0) is 34.6 Å². The van der Waals surface area contributed by atoms with Crippen LogP contribution in [0.25, 0.3) is 0 Å². The van der Waals surface area contributed by atoms with E-state index in [9.17, 15) is 9.18 Å². The fourth-order valence-corrected chi connectivity index (χ4v) is 6.95. The molecule has 9 heteroatoms. The van der Waals surface area contributed by atoms with Gasteiger partial charge in [-0.25, -0.2) is 9.18 Å². The molecule has 4 aromatic rings. The molecule has 234 valence electrons. The van der Waals surface area contributed by atoms with Gasteiger partial charge in [0.1, 0.15) is 23.8 Å². The second kappa shape index (κ2) is 13.7. The van der Waals surface area contributed by atoms with Crippen molar-refractivity contribution >= 4 is 43.9 Å². The summed E-state index contributed by atoms with van der Waals surface area (Å²) in [5.74, 6) is -0.163. The smallest absolute Gasteiger partial charge is 0.411 e. The Morgan fingerprint density at radius 2 is 1.49 bits per heavy atom. The van der Waals surface area contributed by atoms with Crippen LogP contribution < -0.4 is 4.74 Å². The molecule has 6 nitrogen and oxygen atoms in total. The van der Waals surface area contributed by atoms with Gasteiger partial charge in [0.15, 0.2) is 5.54 Å². The van der Waals surface area contributed by atoms with E-state index in [0.29, 0.717) is 45.5 Å². The van der Waals surface area contributed by atoms with E-state index in [0.717, 1.165) is 11.1 Å². The molecule has 0 spiro atoms. The summed E-state index contributed by atoms with van der Waals surface area (Å²) in [4.78, 5) is 32.4. The van der Waals surface area contributed by atoms with Crippen molar-refractivity contribution in [1.82, 2.24) is 9.80 Å². The zero-order chi connectivity index (χ0) is 32.2. The number of piperazine rings is 1. The van der Waals surface area contributed by atoms with E-state index in [4.69, 9.17) is 9.47 Å². The second-order valence-electron chi connectivity index (χ2n) is 12.0. The lowest BCUT2D eigenvalue weighted by molar-refractivity contribution is -0.152. The lowest BCUT2D eigenvalue weighted by Crippen LogP contribution is -2.66. The van der Waals surface area contributed by atoms with Crippen LogP contribution in [0, 0.1) is 5.82 Å². The Balaban J connectivity index is 1.66. The fourth-order valence-electron chi connectivity index (χ4n) is 5.54. The van der Waals surface area contributed by atoms with Crippen molar-refractivity contribution in [3.05, 3.63) is 134 Å². The van der Waals surface area contributed by atoms with Crippen LogP contribution in [0.15, 0.2) is 106 Å². The first kappa shape index (κ1) is 32.7. The van der Waals surface area contributed by atoms with Gasteiger partial charge in [-0.1, -0.05) is 105 Å². The van der Waals surface area contributed by atoms with Crippen molar-refractivity contribution in [3.63, 3.8) is 0 Å². The highest BCUT2D eigenvalue weighted by atomic mass is 79.9. The molecule has 0 radical (unpaired) electrons. The number of hydrogen-bond donors (Lipinski definition) is 0. The van der Waals surface area contributed by atoms with Gasteiger partial charge in [-0.05, 0) is 67.3 Å². The summed E-state index contributed by atoms with van der Waals surface area (Å²) in [7, 11) is 0. The van der Waals surface area contributed by atoms with Gasteiger partial charge in [-0.3, -0.25) is 9.69 Å². The highest BCUT2D eigenvalue weighted by molar-refractivity contribution is 9.11. The number of carbonyl (C=O) groups is 2. The molecule has 0 aromatic heterocycles.